The van der Waals surface area contributed by atoms with Crippen molar-refractivity contribution >= 4 is 52.0 Å². The molecule has 1 atom stereocenters. The van der Waals surface area contributed by atoms with Crippen molar-refractivity contribution in [2.45, 2.75) is 33.2 Å². The fraction of sp³-hybridized carbons (Fsp3) is 0.480. The van der Waals surface area contributed by atoms with Gasteiger partial charge in [0.25, 0.3) is 18.2 Å². The van der Waals surface area contributed by atoms with Crippen molar-refractivity contribution in [3.8, 4) is 0 Å². The number of nitrogens with zero attached hydrogens (tertiary/aromatic N) is 2. The summed E-state index contributed by atoms with van der Waals surface area (Å²) in [5.74, 6) is -1.14. The molecule has 8 nitrogen and oxygen atoms in total. The molecule has 0 radical (unpaired) electrons. The minimum atomic E-state index is -2.67. The van der Waals surface area contributed by atoms with Crippen molar-refractivity contribution in [1.29, 1.82) is 0 Å². The van der Waals surface area contributed by atoms with Crippen LogP contribution < -0.4 is 15.5 Å². The predicted octanol–water partition coefficient (Wildman–Crippen LogP) is 4.12. The Morgan fingerprint density at radius 3 is 2.46 bits per heavy atom. The summed E-state index contributed by atoms with van der Waals surface area (Å²) in [5, 5.41) is 5.45. The van der Waals surface area contributed by atoms with Crippen LogP contribution in [0.4, 0.5) is 20.2 Å². The Balaban J connectivity index is 1.77. The lowest BCUT2D eigenvalue weighted by Crippen LogP contribution is -2.54. The molecule has 3 rings (SSSR count). The van der Waals surface area contributed by atoms with E-state index in [2.05, 4.69) is 10.6 Å². The van der Waals surface area contributed by atoms with Crippen molar-refractivity contribution in [3.63, 3.8) is 0 Å². The lowest BCUT2D eigenvalue weighted by Gasteiger charge is -2.35. The highest BCUT2D eigenvalue weighted by Crippen LogP contribution is 2.23. The second kappa shape index (κ2) is 12.8. The first-order chi connectivity index (χ1) is 17.4. The highest BCUT2D eigenvalue weighted by atomic mass is 35.5. The number of nitrogens with one attached hydrogen (secondary N) is 2. The van der Waals surface area contributed by atoms with Crippen LogP contribution in [-0.4, -0.2) is 74.5 Å². The lowest BCUT2D eigenvalue weighted by molar-refractivity contribution is -0.125. The summed E-state index contributed by atoms with van der Waals surface area (Å²) in [4.78, 5) is 41.4. The molecule has 0 bridgehead atoms. The van der Waals surface area contributed by atoms with E-state index >= 15 is 0 Å². The molecule has 1 aromatic heterocycles. The number of morpholine rings is 1. The monoisotopic (exact) mass is 556 g/mol. The van der Waals surface area contributed by atoms with Gasteiger partial charge in [0.05, 0.1) is 22.4 Å². The third-order valence-electron chi connectivity index (χ3n) is 5.48. The van der Waals surface area contributed by atoms with Crippen LogP contribution in [0.15, 0.2) is 36.4 Å². The predicted molar refractivity (Wildman–Crippen MR) is 141 cm³/mol. The van der Waals surface area contributed by atoms with Gasteiger partial charge in [0.15, 0.2) is 0 Å². The second-order valence-electron chi connectivity index (χ2n) is 9.84. The maximum absolute atomic E-state index is 13.5. The SMILES string of the molecule is CC(C)(C)CN(CC(F)F)[C@@H](CNC(=O)c1ccc(Cl)s1)C(=O)Nc1ccc(N2CCOCC2=O)cc1. The smallest absolute Gasteiger partial charge is 0.261 e. The zero-order valence-electron chi connectivity index (χ0n) is 20.9. The van der Waals surface area contributed by atoms with Gasteiger partial charge in [-0.3, -0.25) is 19.3 Å². The topological polar surface area (TPSA) is 91.0 Å². The number of hydrogen-bond donors (Lipinski definition) is 2. The first kappa shape index (κ1) is 29.0. The molecule has 1 aliphatic rings. The molecule has 3 amide bonds. The van der Waals surface area contributed by atoms with Crippen LogP contribution in [0, 0.1) is 5.41 Å². The molecule has 1 aromatic carbocycles. The van der Waals surface area contributed by atoms with Crippen molar-refractivity contribution in [1.82, 2.24) is 10.2 Å². The summed E-state index contributed by atoms with van der Waals surface area (Å²) < 4.78 is 32.6. The zero-order valence-corrected chi connectivity index (χ0v) is 22.5. The molecule has 1 aliphatic heterocycles. The number of carbonyl (C=O) groups excluding carboxylic acids is 3. The van der Waals surface area contributed by atoms with Crippen molar-refractivity contribution in [2.75, 3.05) is 49.6 Å². The summed E-state index contributed by atoms with van der Waals surface area (Å²) >= 11 is 7.00. The van der Waals surface area contributed by atoms with E-state index < -0.39 is 30.8 Å². The number of hydrogen-bond acceptors (Lipinski definition) is 6. The van der Waals surface area contributed by atoms with Gasteiger partial charge < -0.3 is 20.3 Å². The minimum absolute atomic E-state index is 0.0112. The van der Waals surface area contributed by atoms with Crippen molar-refractivity contribution < 1.29 is 27.9 Å². The number of anilines is 2. The van der Waals surface area contributed by atoms with E-state index in [1.807, 2.05) is 20.8 Å². The number of halogens is 3. The molecular formula is C25H31ClF2N4O4S. The maximum atomic E-state index is 13.5. The highest BCUT2D eigenvalue weighted by molar-refractivity contribution is 7.18. The molecule has 2 aromatic rings. The third-order valence-corrected chi connectivity index (χ3v) is 6.71. The number of carbonyl (C=O) groups is 3. The van der Waals surface area contributed by atoms with E-state index in [9.17, 15) is 23.2 Å². The normalized spacial score (nSPS) is 15.2. The van der Waals surface area contributed by atoms with E-state index in [0.29, 0.717) is 33.7 Å². The first-order valence-electron chi connectivity index (χ1n) is 11.8. The summed E-state index contributed by atoms with van der Waals surface area (Å²) in [7, 11) is 0. The summed E-state index contributed by atoms with van der Waals surface area (Å²) in [5.41, 5.74) is 0.714. The van der Waals surface area contributed by atoms with E-state index in [-0.39, 0.29) is 31.0 Å². The number of alkyl halides is 2. The van der Waals surface area contributed by atoms with Crippen LogP contribution in [0.2, 0.25) is 4.34 Å². The highest BCUT2D eigenvalue weighted by Gasteiger charge is 2.32. The molecule has 1 fully saturated rings. The van der Waals surface area contributed by atoms with E-state index in [4.69, 9.17) is 16.3 Å². The standard InChI is InChI=1S/C25H31ClF2N4O4S/c1-25(2,3)15-31(13-21(27)28)18(12-29-24(35)19-8-9-20(26)37-19)23(34)30-16-4-6-17(7-5-16)32-10-11-36-14-22(32)33/h4-9,18,21H,10-15H2,1-3H3,(H,29,35)(H,30,34)/t18-/m0/s1. The van der Waals surface area contributed by atoms with Crippen molar-refractivity contribution in [3.05, 3.63) is 45.6 Å². The van der Waals surface area contributed by atoms with Crippen LogP contribution in [-0.2, 0) is 14.3 Å². The molecule has 2 heterocycles. The number of benzene rings is 1. The van der Waals surface area contributed by atoms with Gasteiger partial charge >= 0.3 is 0 Å². The molecule has 0 spiro atoms. The average Bonchev–Trinajstić information content (AvgIpc) is 3.25. The molecule has 12 heteroatoms. The van der Waals surface area contributed by atoms with Gasteiger partial charge in [-0.05, 0) is 41.8 Å². The average molecular weight is 557 g/mol. The largest absolute Gasteiger partial charge is 0.370 e. The summed E-state index contributed by atoms with van der Waals surface area (Å²) in [6, 6.07) is 8.76. The first-order valence-corrected chi connectivity index (χ1v) is 13.0. The Kier molecular flexibility index (Phi) is 10.00. The number of thiophene rings is 1. The van der Waals surface area contributed by atoms with Crippen LogP contribution in [0.3, 0.4) is 0 Å². The molecule has 1 saturated heterocycles. The van der Waals surface area contributed by atoms with Crippen LogP contribution >= 0.6 is 22.9 Å². The van der Waals surface area contributed by atoms with E-state index in [0.717, 1.165) is 11.3 Å². The van der Waals surface area contributed by atoms with E-state index in [1.54, 1.807) is 41.3 Å². The quantitative estimate of drug-likeness (QED) is 0.459. The Hall–Kier alpha value is -2.60. The summed E-state index contributed by atoms with van der Waals surface area (Å²) in [6.07, 6.45) is -2.67. The van der Waals surface area contributed by atoms with Gasteiger partial charge in [-0.15, -0.1) is 11.3 Å². The van der Waals surface area contributed by atoms with Gasteiger partial charge in [-0.1, -0.05) is 32.4 Å². The Morgan fingerprint density at radius 2 is 1.89 bits per heavy atom. The fourth-order valence-electron chi connectivity index (χ4n) is 3.93. The van der Waals surface area contributed by atoms with Crippen LogP contribution in [0.5, 0.6) is 0 Å². The molecular weight excluding hydrogens is 526 g/mol. The van der Waals surface area contributed by atoms with Crippen molar-refractivity contribution in [2.24, 2.45) is 5.41 Å². The molecule has 2 N–H and O–H groups in total. The van der Waals surface area contributed by atoms with Gasteiger partial charge in [-0.2, -0.15) is 0 Å². The number of rotatable bonds is 10. The van der Waals surface area contributed by atoms with Gasteiger partial charge in [0.2, 0.25) is 5.91 Å². The minimum Gasteiger partial charge on any atom is -0.370 e. The maximum Gasteiger partial charge on any atom is 0.261 e. The Morgan fingerprint density at radius 1 is 1.19 bits per heavy atom. The lowest BCUT2D eigenvalue weighted by atomic mass is 9.95. The second-order valence-corrected chi connectivity index (χ2v) is 11.6. The molecule has 0 unspecified atom stereocenters. The molecule has 37 heavy (non-hydrogen) atoms. The van der Waals surface area contributed by atoms with Gasteiger partial charge in [0, 0.05) is 31.0 Å². The fourth-order valence-corrected chi connectivity index (χ4v) is 4.89. The van der Waals surface area contributed by atoms with Gasteiger partial charge in [0.1, 0.15) is 12.6 Å². The van der Waals surface area contributed by atoms with E-state index in [1.165, 1.54) is 4.90 Å². The van der Waals surface area contributed by atoms with Crippen LogP contribution in [0.1, 0.15) is 30.4 Å². The Labute approximate surface area is 223 Å². The molecule has 0 saturated carbocycles. The molecule has 202 valence electrons. The number of amides is 3. The Bertz CT molecular complexity index is 1090. The third kappa shape index (κ3) is 8.74. The number of ether oxygens (including phenoxy) is 1. The van der Waals surface area contributed by atoms with Crippen LogP contribution in [0.25, 0.3) is 0 Å². The van der Waals surface area contributed by atoms with Gasteiger partial charge in [-0.25, -0.2) is 8.78 Å². The molecule has 0 aliphatic carbocycles. The summed E-state index contributed by atoms with van der Waals surface area (Å²) in [6.45, 7) is 5.93. The zero-order chi connectivity index (χ0) is 27.2.